The van der Waals surface area contributed by atoms with Crippen molar-refractivity contribution in [2.24, 2.45) is 17.6 Å². The fourth-order valence-corrected chi connectivity index (χ4v) is 5.32. The summed E-state index contributed by atoms with van der Waals surface area (Å²) < 4.78 is 0. The van der Waals surface area contributed by atoms with Crippen LogP contribution in [0.2, 0.25) is 0 Å². The second-order valence-electron chi connectivity index (χ2n) is 10.1. The quantitative estimate of drug-likeness (QED) is 0.344. The molecule has 1 aliphatic rings. The molecule has 2 amide bonds. The maximum Gasteiger partial charge on any atom is 0.224 e. The molecule has 5 heteroatoms. The van der Waals surface area contributed by atoms with E-state index in [9.17, 15) is 9.59 Å². The highest BCUT2D eigenvalue weighted by Gasteiger charge is 2.21. The first kappa shape index (κ1) is 29.6. The van der Waals surface area contributed by atoms with Crippen LogP contribution in [0.3, 0.4) is 0 Å². The van der Waals surface area contributed by atoms with Gasteiger partial charge in [-0.25, -0.2) is 0 Å². The number of nitrogens with zero attached hydrogens (tertiary/aromatic N) is 1. The van der Waals surface area contributed by atoms with Crippen molar-refractivity contribution in [2.75, 3.05) is 18.4 Å². The van der Waals surface area contributed by atoms with Crippen LogP contribution in [0.1, 0.15) is 88.3 Å². The zero-order valence-electron chi connectivity index (χ0n) is 22.8. The molecule has 1 unspecified atom stereocenters. The van der Waals surface area contributed by atoms with Crippen LogP contribution >= 0.6 is 0 Å². The molecular formula is C31H47N3O2. The van der Waals surface area contributed by atoms with Crippen molar-refractivity contribution in [3.8, 4) is 0 Å². The number of anilines is 1. The monoisotopic (exact) mass is 493 g/mol. The molecule has 0 saturated carbocycles. The first-order valence-electron chi connectivity index (χ1n) is 13.8. The molecule has 0 aromatic heterocycles. The molecule has 1 aliphatic heterocycles. The number of hydrogen-bond acceptors (Lipinski definition) is 3. The number of nitrogens with one attached hydrogen (secondary N) is 1. The fourth-order valence-electron chi connectivity index (χ4n) is 5.32. The molecule has 3 N–H and O–H groups in total. The summed E-state index contributed by atoms with van der Waals surface area (Å²) in [7, 11) is 0. The van der Waals surface area contributed by atoms with Gasteiger partial charge in [-0.05, 0) is 72.8 Å². The number of aryl methyl sites for hydroxylation is 1. The van der Waals surface area contributed by atoms with Gasteiger partial charge in [-0.3, -0.25) is 9.59 Å². The molecule has 1 heterocycles. The normalized spacial score (nSPS) is 14.7. The van der Waals surface area contributed by atoms with Crippen molar-refractivity contribution in [1.29, 1.82) is 0 Å². The highest BCUT2D eigenvalue weighted by atomic mass is 16.1. The molecular weight excluding hydrogens is 446 g/mol. The lowest BCUT2D eigenvalue weighted by molar-refractivity contribution is -0.119. The Morgan fingerprint density at radius 2 is 1.75 bits per heavy atom. The van der Waals surface area contributed by atoms with E-state index in [1.807, 2.05) is 36.1 Å². The second kappa shape index (κ2) is 16.2. The molecule has 2 aromatic carbocycles. The van der Waals surface area contributed by atoms with Crippen LogP contribution in [-0.4, -0.2) is 30.3 Å². The van der Waals surface area contributed by atoms with Gasteiger partial charge in [0.15, 0.2) is 0 Å². The van der Waals surface area contributed by atoms with E-state index in [-0.39, 0.29) is 5.91 Å². The topological polar surface area (TPSA) is 75.4 Å². The summed E-state index contributed by atoms with van der Waals surface area (Å²) >= 11 is 0. The van der Waals surface area contributed by atoms with Gasteiger partial charge in [-0.2, -0.15) is 0 Å². The fraction of sp³-hybridized carbons (Fsp3) is 0.548. The molecule has 1 fully saturated rings. The Hall–Kier alpha value is -2.66. The predicted molar refractivity (Wildman–Crippen MR) is 151 cm³/mol. The highest BCUT2D eigenvalue weighted by molar-refractivity contribution is 5.90. The zero-order chi connectivity index (χ0) is 26.3. The van der Waals surface area contributed by atoms with Crippen LogP contribution in [0.15, 0.2) is 48.5 Å². The molecule has 2 aromatic rings. The predicted octanol–water partition coefficient (Wildman–Crippen LogP) is 6.66. The van der Waals surface area contributed by atoms with E-state index < -0.39 is 0 Å². The largest absolute Gasteiger partial charge is 0.345 e. The molecule has 5 nitrogen and oxygen atoms in total. The Morgan fingerprint density at radius 3 is 2.33 bits per heavy atom. The van der Waals surface area contributed by atoms with Crippen molar-refractivity contribution < 1.29 is 9.59 Å². The summed E-state index contributed by atoms with van der Waals surface area (Å²) in [5.41, 5.74) is 10.3. The standard InChI is InChI=1S/C18H29NO.C13H18N2O/c1-5-9-16(15(6-2)7-3)13-18(20)19-17-11-8-10-14(4)12-17;14-9-11-2-1-3-13(8-11)12-4-6-15(10-16)7-5-12/h8,10-12,15-16H,5-7,9,13H2,1-4H3,(H,19,20);1-3,8,10,12H,4-7,9,14H2. The Labute approximate surface area is 218 Å². The number of carbonyl (C=O) groups is 2. The highest BCUT2D eigenvalue weighted by Crippen LogP contribution is 2.28. The Kier molecular flexibility index (Phi) is 13.3. The number of hydrogen-bond donors (Lipinski definition) is 2. The van der Waals surface area contributed by atoms with E-state index in [1.165, 1.54) is 29.5 Å². The van der Waals surface area contributed by atoms with E-state index in [1.54, 1.807) is 0 Å². The minimum Gasteiger partial charge on any atom is -0.345 e. The molecule has 3 rings (SSSR count). The third-order valence-corrected chi connectivity index (χ3v) is 7.46. The van der Waals surface area contributed by atoms with Gasteiger partial charge >= 0.3 is 0 Å². The molecule has 198 valence electrons. The Bertz CT molecular complexity index is 918. The maximum atomic E-state index is 12.2. The van der Waals surface area contributed by atoms with Crippen LogP contribution in [-0.2, 0) is 16.1 Å². The van der Waals surface area contributed by atoms with E-state index in [4.69, 9.17) is 5.73 Å². The number of likely N-dealkylation sites (tertiary alicyclic amines) is 1. The summed E-state index contributed by atoms with van der Waals surface area (Å²) in [6, 6.07) is 16.5. The summed E-state index contributed by atoms with van der Waals surface area (Å²) in [4.78, 5) is 24.7. The zero-order valence-corrected chi connectivity index (χ0v) is 22.8. The van der Waals surface area contributed by atoms with E-state index >= 15 is 0 Å². The number of nitrogens with two attached hydrogens (primary N) is 1. The van der Waals surface area contributed by atoms with Gasteiger partial charge in [0.05, 0.1) is 0 Å². The number of rotatable bonds is 11. The average Bonchev–Trinajstić information content (AvgIpc) is 2.90. The van der Waals surface area contributed by atoms with Crippen molar-refractivity contribution in [2.45, 2.75) is 85.1 Å². The maximum absolute atomic E-state index is 12.2. The van der Waals surface area contributed by atoms with E-state index in [2.05, 4.69) is 50.4 Å². The summed E-state index contributed by atoms with van der Waals surface area (Å²) in [5.74, 6) is 1.92. The van der Waals surface area contributed by atoms with Crippen molar-refractivity contribution >= 4 is 18.0 Å². The van der Waals surface area contributed by atoms with Gasteiger partial charge < -0.3 is 16.0 Å². The van der Waals surface area contributed by atoms with Gasteiger partial charge in [0, 0.05) is 31.7 Å². The number of benzene rings is 2. The molecule has 1 saturated heterocycles. The minimum atomic E-state index is 0.154. The van der Waals surface area contributed by atoms with Crippen LogP contribution in [0.4, 0.5) is 5.69 Å². The van der Waals surface area contributed by atoms with Crippen molar-refractivity contribution in [3.63, 3.8) is 0 Å². The van der Waals surface area contributed by atoms with Gasteiger partial charge in [0.2, 0.25) is 12.3 Å². The number of amides is 2. The SMILES string of the molecule is CCCC(CC(=O)Nc1cccc(C)c1)C(CC)CC.NCc1cccc(C2CCN(C=O)CC2)c1. The molecule has 0 aliphatic carbocycles. The Morgan fingerprint density at radius 1 is 1.06 bits per heavy atom. The molecule has 0 radical (unpaired) electrons. The third-order valence-electron chi connectivity index (χ3n) is 7.46. The minimum absolute atomic E-state index is 0.154. The molecule has 0 bridgehead atoms. The van der Waals surface area contributed by atoms with Crippen molar-refractivity contribution in [1.82, 2.24) is 4.90 Å². The van der Waals surface area contributed by atoms with Gasteiger partial charge in [-0.1, -0.05) is 76.4 Å². The molecule has 36 heavy (non-hydrogen) atoms. The van der Waals surface area contributed by atoms with Crippen LogP contribution < -0.4 is 11.1 Å². The number of piperidine rings is 1. The summed E-state index contributed by atoms with van der Waals surface area (Å²) in [5, 5.41) is 3.04. The lowest BCUT2D eigenvalue weighted by atomic mass is 9.82. The average molecular weight is 494 g/mol. The smallest absolute Gasteiger partial charge is 0.224 e. The first-order valence-corrected chi connectivity index (χ1v) is 13.8. The van der Waals surface area contributed by atoms with E-state index in [0.717, 1.165) is 50.9 Å². The van der Waals surface area contributed by atoms with Gasteiger partial charge in [0.1, 0.15) is 0 Å². The summed E-state index contributed by atoms with van der Waals surface area (Å²) in [6.45, 7) is 11.1. The lowest BCUT2D eigenvalue weighted by Crippen LogP contribution is -2.31. The lowest BCUT2D eigenvalue weighted by Gasteiger charge is -2.29. The molecule has 1 atom stereocenters. The first-order chi connectivity index (χ1) is 17.4. The van der Waals surface area contributed by atoms with Crippen LogP contribution in [0.25, 0.3) is 0 Å². The number of carbonyl (C=O) groups excluding carboxylic acids is 2. The van der Waals surface area contributed by atoms with Gasteiger partial charge in [-0.15, -0.1) is 0 Å². The molecule has 0 spiro atoms. The van der Waals surface area contributed by atoms with E-state index in [0.29, 0.717) is 30.7 Å². The Balaban J connectivity index is 0.000000259. The van der Waals surface area contributed by atoms with Gasteiger partial charge in [0.25, 0.3) is 0 Å². The van der Waals surface area contributed by atoms with Crippen LogP contribution in [0, 0.1) is 18.8 Å². The second-order valence-corrected chi connectivity index (χ2v) is 10.1. The summed E-state index contributed by atoms with van der Waals surface area (Å²) in [6.07, 6.45) is 8.35. The van der Waals surface area contributed by atoms with Crippen molar-refractivity contribution in [3.05, 3.63) is 65.2 Å². The van der Waals surface area contributed by atoms with Crippen LogP contribution in [0.5, 0.6) is 0 Å². The third kappa shape index (κ3) is 9.77.